The summed E-state index contributed by atoms with van der Waals surface area (Å²) in [6, 6.07) is 6.05. The van der Waals surface area contributed by atoms with E-state index in [1.807, 2.05) is 11.2 Å². The Morgan fingerprint density at radius 3 is 2.27 bits per heavy atom. The predicted octanol–water partition coefficient (Wildman–Crippen LogP) is 3.51. The molecule has 0 spiro atoms. The molecule has 0 aliphatic carbocycles. The number of carboxylic acid groups (broad SMARTS) is 1. The van der Waals surface area contributed by atoms with Gasteiger partial charge in [-0.3, -0.25) is 4.79 Å². The van der Waals surface area contributed by atoms with Crippen molar-refractivity contribution in [3.05, 3.63) is 42.1 Å². The van der Waals surface area contributed by atoms with Crippen LogP contribution in [0.3, 0.4) is 0 Å². The number of anilines is 1. The summed E-state index contributed by atoms with van der Waals surface area (Å²) < 4.78 is 70.5. The van der Waals surface area contributed by atoms with Gasteiger partial charge in [-0.2, -0.15) is 13.2 Å². The number of benzene rings is 1. The first-order chi connectivity index (χ1) is 17.5. The van der Waals surface area contributed by atoms with Gasteiger partial charge in [-0.05, 0) is 62.3 Å². The molecule has 0 saturated carbocycles. The number of carboxylic acids is 1. The smallest absolute Gasteiger partial charge is 0.416 e. The van der Waals surface area contributed by atoms with E-state index < -0.39 is 38.6 Å². The third-order valence-electron chi connectivity index (χ3n) is 6.81. The van der Waals surface area contributed by atoms with Gasteiger partial charge in [0, 0.05) is 32.4 Å². The number of halogens is 3. The number of carbonyl (C=O) groups is 1. The van der Waals surface area contributed by atoms with Crippen molar-refractivity contribution in [3.63, 3.8) is 0 Å². The Morgan fingerprint density at radius 1 is 1.11 bits per heavy atom. The lowest BCUT2D eigenvalue weighted by Crippen LogP contribution is -2.60. The van der Waals surface area contributed by atoms with Crippen molar-refractivity contribution >= 4 is 33.6 Å². The van der Waals surface area contributed by atoms with Crippen LogP contribution >= 0.6 is 11.8 Å². The van der Waals surface area contributed by atoms with Crippen LogP contribution in [0.4, 0.5) is 19.0 Å². The van der Waals surface area contributed by atoms with Gasteiger partial charge in [0.25, 0.3) is 0 Å². The Labute approximate surface area is 217 Å². The number of rotatable bonds is 7. The molecule has 3 heterocycles. The lowest BCUT2D eigenvalue weighted by molar-refractivity contribution is -0.141. The monoisotopic (exact) mass is 560 g/mol. The summed E-state index contributed by atoms with van der Waals surface area (Å²) in [5.74, 6) is -0.488. The largest absolute Gasteiger partial charge is 0.490 e. The molecule has 1 aromatic carbocycles. The lowest BCUT2D eigenvalue weighted by atomic mass is 9.96. The van der Waals surface area contributed by atoms with Crippen molar-refractivity contribution in [2.24, 2.45) is 0 Å². The molecule has 2 fully saturated rings. The number of aliphatic carboxylic acids is 1. The number of nitrogens with zero attached hydrogens (tertiary/aromatic N) is 4. The van der Waals surface area contributed by atoms with Crippen molar-refractivity contribution in [3.8, 4) is 5.75 Å². The van der Waals surface area contributed by atoms with Gasteiger partial charge >= 0.3 is 12.1 Å². The first-order valence-electron chi connectivity index (χ1n) is 11.7. The minimum absolute atomic E-state index is 0.0649. The molecule has 0 bridgehead atoms. The fraction of sp³-hybridized carbons (Fsp3) is 0.522. The minimum atomic E-state index is -4.44. The van der Waals surface area contributed by atoms with E-state index in [0.717, 1.165) is 12.1 Å². The molecule has 14 heteroatoms. The number of sulfonamides is 1. The summed E-state index contributed by atoms with van der Waals surface area (Å²) in [6.07, 6.45) is -0.983. The van der Waals surface area contributed by atoms with Crippen LogP contribution in [0.2, 0.25) is 0 Å². The van der Waals surface area contributed by atoms with Crippen LogP contribution in [0.25, 0.3) is 0 Å². The lowest BCUT2D eigenvalue weighted by Gasteiger charge is -2.42. The molecule has 37 heavy (non-hydrogen) atoms. The molecule has 2 aromatic rings. The van der Waals surface area contributed by atoms with Crippen LogP contribution in [0.15, 0.2) is 41.7 Å². The first kappa shape index (κ1) is 27.5. The molecule has 0 unspecified atom stereocenters. The van der Waals surface area contributed by atoms with Gasteiger partial charge in [-0.25, -0.2) is 22.7 Å². The normalized spacial score (nSPS) is 19.5. The number of hydrogen-bond donors (Lipinski definition) is 1. The van der Waals surface area contributed by atoms with E-state index in [1.54, 1.807) is 12.3 Å². The van der Waals surface area contributed by atoms with Crippen LogP contribution in [0.1, 0.15) is 31.2 Å². The number of hydrogen-bond acceptors (Lipinski definition) is 8. The summed E-state index contributed by atoms with van der Waals surface area (Å²) in [4.78, 5) is 22.8. The molecule has 2 saturated heterocycles. The summed E-state index contributed by atoms with van der Waals surface area (Å²) in [6.45, 7) is 0.554. The van der Waals surface area contributed by atoms with E-state index in [4.69, 9.17) is 4.74 Å². The fourth-order valence-electron chi connectivity index (χ4n) is 4.64. The molecule has 4 rings (SSSR count). The maximum atomic E-state index is 13.6. The minimum Gasteiger partial charge on any atom is -0.490 e. The highest BCUT2D eigenvalue weighted by molar-refractivity contribution is 7.98. The second-order valence-corrected chi connectivity index (χ2v) is 12.0. The molecule has 2 aliphatic rings. The van der Waals surface area contributed by atoms with E-state index in [0.29, 0.717) is 23.8 Å². The molecule has 1 N–H and O–H groups in total. The SMILES string of the molecule is CSc1nccc(N2CCC(C(=O)O)(S(=O)(=O)N3CCC(Oc4ccc(C(F)(F)F)cc4)CC3)CC2)n1. The quantitative estimate of drug-likeness (QED) is 0.402. The van der Waals surface area contributed by atoms with Crippen LogP contribution in [0, 0.1) is 0 Å². The van der Waals surface area contributed by atoms with Crippen LogP contribution < -0.4 is 9.64 Å². The van der Waals surface area contributed by atoms with Gasteiger partial charge in [0.05, 0.1) is 5.56 Å². The van der Waals surface area contributed by atoms with Crippen LogP contribution in [-0.2, 0) is 21.0 Å². The molecular formula is C23H27F3N4O5S2. The average molecular weight is 561 g/mol. The van der Waals surface area contributed by atoms with Crippen molar-refractivity contribution < 1.29 is 36.2 Å². The zero-order valence-electron chi connectivity index (χ0n) is 20.0. The molecular weight excluding hydrogens is 533 g/mol. The number of aromatic nitrogens is 2. The highest BCUT2D eigenvalue weighted by Crippen LogP contribution is 2.37. The number of thioether (sulfide) groups is 1. The van der Waals surface area contributed by atoms with E-state index in [9.17, 15) is 31.5 Å². The standard InChI is InChI=1S/C23H27F3N4O5S2/c1-36-21-27-11-6-19(28-21)29-14-9-22(10-15-29,20(31)32)37(33,34)30-12-7-18(8-13-30)35-17-4-2-16(3-5-17)23(24,25)26/h2-6,11,18H,7-10,12-15H2,1H3,(H,31,32). The molecule has 0 amide bonds. The molecule has 0 radical (unpaired) electrons. The van der Waals surface area contributed by atoms with Crippen LogP contribution in [0.5, 0.6) is 5.75 Å². The molecule has 1 aromatic heterocycles. The molecule has 202 valence electrons. The summed E-state index contributed by atoms with van der Waals surface area (Å²) >= 11 is 1.38. The Hall–Kier alpha value is -2.58. The second-order valence-electron chi connectivity index (χ2n) is 8.93. The van der Waals surface area contributed by atoms with E-state index >= 15 is 0 Å². The maximum absolute atomic E-state index is 13.6. The zero-order chi connectivity index (χ0) is 26.8. The van der Waals surface area contributed by atoms with Crippen molar-refractivity contribution in [1.29, 1.82) is 0 Å². The zero-order valence-corrected chi connectivity index (χ0v) is 21.7. The second kappa shape index (κ2) is 10.7. The van der Waals surface area contributed by atoms with E-state index in [-0.39, 0.29) is 44.8 Å². The number of alkyl halides is 3. The predicted molar refractivity (Wildman–Crippen MR) is 131 cm³/mol. The third-order valence-corrected chi connectivity index (χ3v) is 9.98. The van der Waals surface area contributed by atoms with Crippen LogP contribution in [-0.4, -0.2) is 77.1 Å². The summed E-state index contributed by atoms with van der Waals surface area (Å²) in [7, 11) is -4.19. The topological polar surface area (TPSA) is 113 Å². The highest BCUT2D eigenvalue weighted by Gasteiger charge is 2.55. The van der Waals surface area contributed by atoms with Gasteiger partial charge in [-0.15, -0.1) is 0 Å². The van der Waals surface area contributed by atoms with Gasteiger partial charge < -0.3 is 14.7 Å². The fourth-order valence-corrected chi connectivity index (χ4v) is 7.09. The van der Waals surface area contributed by atoms with Gasteiger partial charge in [-0.1, -0.05) is 11.8 Å². The molecule has 0 atom stereocenters. The molecule has 2 aliphatic heterocycles. The Balaban J connectivity index is 1.40. The summed E-state index contributed by atoms with van der Waals surface area (Å²) in [5.41, 5.74) is -0.782. The van der Waals surface area contributed by atoms with Crippen molar-refractivity contribution in [2.45, 2.75) is 47.9 Å². The Bertz CT molecular complexity index is 1210. The van der Waals surface area contributed by atoms with Gasteiger partial charge in [0.15, 0.2) is 9.90 Å². The Morgan fingerprint density at radius 2 is 1.73 bits per heavy atom. The van der Waals surface area contributed by atoms with Crippen molar-refractivity contribution in [2.75, 3.05) is 37.3 Å². The molecule has 9 nitrogen and oxygen atoms in total. The van der Waals surface area contributed by atoms with Gasteiger partial charge in [0.1, 0.15) is 17.7 Å². The first-order valence-corrected chi connectivity index (χ1v) is 14.3. The summed E-state index contributed by atoms with van der Waals surface area (Å²) in [5, 5.41) is 10.6. The van der Waals surface area contributed by atoms with E-state index in [2.05, 4.69) is 9.97 Å². The highest BCUT2D eigenvalue weighted by atomic mass is 32.2. The maximum Gasteiger partial charge on any atom is 0.416 e. The van der Waals surface area contributed by atoms with Gasteiger partial charge in [0.2, 0.25) is 10.0 Å². The third kappa shape index (κ3) is 5.65. The van der Waals surface area contributed by atoms with Crippen molar-refractivity contribution in [1.82, 2.24) is 14.3 Å². The Kier molecular flexibility index (Phi) is 7.91. The van der Waals surface area contributed by atoms with E-state index in [1.165, 1.54) is 28.2 Å². The number of ether oxygens (including phenoxy) is 1. The average Bonchev–Trinajstić information content (AvgIpc) is 2.88. The number of piperidine rings is 2.